The van der Waals surface area contributed by atoms with Gasteiger partial charge in [0, 0.05) is 25.2 Å². The largest absolute Gasteiger partial charge is 0.444 e. The molecule has 0 spiro atoms. The van der Waals surface area contributed by atoms with Gasteiger partial charge < -0.3 is 20.0 Å². The molecule has 7 nitrogen and oxygen atoms in total. The molecule has 0 bridgehead atoms. The quantitative estimate of drug-likeness (QED) is 0.711. The van der Waals surface area contributed by atoms with Crippen molar-refractivity contribution in [2.24, 2.45) is 0 Å². The summed E-state index contributed by atoms with van der Waals surface area (Å²) in [7, 11) is 0. The summed E-state index contributed by atoms with van der Waals surface area (Å²) in [5.41, 5.74) is 1.54. The summed E-state index contributed by atoms with van der Waals surface area (Å²) in [5, 5.41) is 5.23. The lowest BCUT2D eigenvalue weighted by molar-refractivity contribution is -0.120. The monoisotopic (exact) mass is 447 g/mol. The minimum Gasteiger partial charge on any atom is -0.444 e. The molecular formula is C20H22BrN3O4. The summed E-state index contributed by atoms with van der Waals surface area (Å²) in [6, 6.07) is 10.4. The minimum absolute atomic E-state index is 0.0579. The topological polar surface area (TPSA) is 91.6 Å². The summed E-state index contributed by atoms with van der Waals surface area (Å²) in [6.07, 6.45) is 3.30. The van der Waals surface area contributed by atoms with E-state index in [1.807, 2.05) is 17.0 Å². The molecular weight excluding hydrogens is 426 g/mol. The summed E-state index contributed by atoms with van der Waals surface area (Å²) in [4.78, 5) is 38.1. The van der Waals surface area contributed by atoms with E-state index in [-0.39, 0.29) is 24.1 Å². The zero-order valence-corrected chi connectivity index (χ0v) is 17.0. The second-order valence-corrected chi connectivity index (χ2v) is 7.39. The maximum absolute atomic E-state index is 12.4. The molecule has 148 valence electrons. The van der Waals surface area contributed by atoms with E-state index in [4.69, 9.17) is 4.42 Å². The van der Waals surface area contributed by atoms with Crippen molar-refractivity contribution in [2.45, 2.75) is 25.8 Å². The van der Waals surface area contributed by atoms with Crippen molar-refractivity contribution in [3.8, 4) is 0 Å². The lowest BCUT2D eigenvalue weighted by atomic mass is 10.1. The van der Waals surface area contributed by atoms with Crippen molar-refractivity contribution < 1.29 is 18.8 Å². The fourth-order valence-electron chi connectivity index (χ4n) is 2.99. The smallest absolute Gasteiger partial charge is 0.287 e. The highest BCUT2D eigenvalue weighted by Gasteiger charge is 2.18. The molecule has 8 heteroatoms. The van der Waals surface area contributed by atoms with Gasteiger partial charge in [0.1, 0.15) is 0 Å². The standard InChI is InChI=1S/C20H22BrN3O4/c21-17-9-8-16(28-17)19(26)23-13-18(25)22-12-14-4-6-15(7-5-14)20(27)24-10-2-1-3-11-24/h4-9H,1-3,10-13H2,(H,22,25)(H,23,26). The van der Waals surface area contributed by atoms with E-state index in [1.165, 1.54) is 12.5 Å². The SMILES string of the molecule is O=C(CNC(=O)c1ccc(Br)o1)NCc1ccc(C(=O)N2CCCCC2)cc1. The number of hydrogen-bond acceptors (Lipinski definition) is 4. The first-order chi connectivity index (χ1) is 13.5. The van der Waals surface area contributed by atoms with Gasteiger partial charge in [-0.2, -0.15) is 0 Å². The second-order valence-electron chi connectivity index (χ2n) is 6.61. The summed E-state index contributed by atoms with van der Waals surface area (Å²) in [6.45, 7) is 1.80. The molecule has 0 atom stereocenters. The van der Waals surface area contributed by atoms with Crippen molar-refractivity contribution in [1.29, 1.82) is 0 Å². The van der Waals surface area contributed by atoms with Gasteiger partial charge in [-0.25, -0.2) is 0 Å². The molecule has 1 aromatic heterocycles. The van der Waals surface area contributed by atoms with E-state index < -0.39 is 5.91 Å². The van der Waals surface area contributed by atoms with E-state index in [1.54, 1.807) is 18.2 Å². The van der Waals surface area contributed by atoms with Crippen LogP contribution in [0.5, 0.6) is 0 Å². The van der Waals surface area contributed by atoms with Crippen molar-refractivity contribution in [2.75, 3.05) is 19.6 Å². The fraction of sp³-hybridized carbons (Fsp3) is 0.350. The Kier molecular flexibility index (Phi) is 6.86. The number of piperidine rings is 1. The van der Waals surface area contributed by atoms with Gasteiger partial charge >= 0.3 is 0 Å². The highest BCUT2D eigenvalue weighted by Crippen LogP contribution is 2.14. The average Bonchev–Trinajstić information content (AvgIpc) is 3.17. The number of benzene rings is 1. The Morgan fingerprint density at radius 1 is 0.964 bits per heavy atom. The molecule has 1 saturated heterocycles. The van der Waals surface area contributed by atoms with E-state index in [0.29, 0.717) is 16.8 Å². The van der Waals surface area contributed by atoms with E-state index >= 15 is 0 Å². The van der Waals surface area contributed by atoms with Crippen LogP contribution in [0.3, 0.4) is 0 Å². The Labute approximate surface area is 171 Å². The van der Waals surface area contributed by atoms with E-state index in [0.717, 1.165) is 31.5 Å². The van der Waals surface area contributed by atoms with Crippen molar-refractivity contribution in [3.63, 3.8) is 0 Å². The number of rotatable bonds is 6. The third kappa shape index (κ3) is 5.45. The van der Waals surface area contributed by atoms with E-state index in [2.05, 4.69) is 26.6 Å². The Morgan fingerprint density at radius 2 is 1.68 bits per heavy atom. The second kappa shape index (κ2) is 9.54. The Hall–Kier alpha value is -2.61. The molecule has 3 amide bonds. The molecule has 0 saturated carbocycles. The van der Waals surface area contributed by atoms with Crippen LogP contribution in [-0.2, 0) is 11.3 Å². The summed E-state index contributed by atoms with van der Waals surface area (Å²) >= 11 is 3.12. The van der Waals surface area contributed by atoms with Crippen LogP contribution >= 0.6 is 15.9 Å². The Balaban J connectivity index is 1.43. The number of likely N-dealkylation sites (tertiary alicyclic amines) is 1. The molecule has 2 N–H and O–H groups in total. The zero-order chi connectivity index (χ0) is 19.9. The maximum atomic E-state index is 12.4. The molecule has 1 aromatic carbocycles. The molecule has 2 aromatic rings. The van der Waals surface area contributed by atoms with Crippen LogP contribution in [0.1, 0.15) is 45.7 Å². The molecule has 1 fully saturated rings. The third-order valence-electron chi connectivity index (χ3n) is 4.54. The highest BCUT2D eigenvalue weighted by atomic mass is 79.9. The predicted octanol–water partition coefficient (Wildman–Crippen LogP) is 2.71. The first kappa shape index (κ1) is 20.1. The number of hydrogen-bond donors (Lipinski definition) is 2. The predicted molar refractivity (Wildman–Crippen MR) is 107 cm³/mol. The normalized spacial score (nSPS) is 13.8. The van der Waals surface area contributed by atoms with Crippen LogP contribution in [0.15, 0.2) is 45.5 Å². The number of nitrogens with one attached hydrogen (secondary N) is 2. The number of amides is 3. The third-order valence-corrected chi connectivity index (χ3v) is 4.97. The molecule has 2 heterocycles. The van der Waals surface area contributed by atoms with Crippen LogP contribution in [0.25, 0.3) is 0 Å². The van der Waals surface area contributed by atoms with Crippen molar-refractivity contribution in [1.82, 2.24) is 15.5 Å². The van der Waals surface area contributed by atoms with Crippen molar-refractivity contribution in [3.05, 3.63) is 58.0 Å². The van der Waals surface area contributed by atoms with Crippen LogP contribution in [0.4, 0.5) is 0 Å². The van der Waals surface area contributed by atoms with Gasteiger partial charge in [-0.15, -0.1) is 0 Å². The van der Waals surface area contributed by atoms with Gasteiger partial charge in [0.2, 0.25) is 5.91 Å². The summed E-state index contributed by atoms with van der Waals surface area (Å²) in [5.74, 6) is -0.579. The molecule has 28 heavy (non-hydrogen) atoms. The highest BCUT2D eigenvalue weighted by molar-refractivity contribution is 9.10. The lowest BCUT2D eigenvalue weighted by Gasteiger charge is -2.26. The lowest BCUT2D eigenvalue weighted by Crippen LogP contribution is -2.36. The zero-order valence-electron chi connectivity index (χ0n) is 15.4. The fourth-order valence-corrected chi connectivity index (χ4v) is 3.30. The van der Waals surface area contributed by atoms with Gasteiger partial charge in [-0.05, 0) is 65.0 Å². The van der Waals surface area contributed by atoms with Crippen LogP contribution < -0.4 is 10.6 Å². The number of carbonyl (C=O) groups excluding carboxylic acids is 3. The number of furan rings is 1. The number of nitrogens with zero attached hydrogens (tertiary/aromatic N) is 1. The molecule has 0 aliphatic carbocycles. The van der Waals surface area contributed by atoms with E-state index in [9.17, 15) is 14.4 Å². The Morgan fingerprint density at radius 3 is 2.32 bits per heavy atom. The van der Waals surface area contributed by atoms with Gasteiger partial charge in [0.05, 0.1) is 6.54 Å². The maximum Gasteiger partial charge on any atom is 0.287 e. The van der Waals surface area contributed by atoms with Crippen LogP contribution in [0.2, 0.25) is 0 Å². The summed E-state index contributed by atoms with van der Waals surface area (Å²) < 4.78 is 5.57. The van der Waals surface area contributed by atoms with Crippen molar-refractivity contribution >= 4 is 33.7 Å². The molecule has 3 rings (SSSR count). The number of carbonyl (C=O) groups is 3. The average molecular weight is 448 g/mol. The molecule has 1 aliphatic rings. The first-order valence-corrected chi connectivity index (χ1v) is 10.0. The molecule has 1 aliphatic heterocycles. The van der Waals surface area contributed by atoms with Gasteiger partial charge in [0.25, 0.3) is 11.8 Å². The Bertz CT molecular complexity index is 841. The van der Waals surface area contributed by atoms with Gasteiger partial charge in [-0.1, -0.05) is 12.1 Å². The molecule has 0 radical (unpaired) electrons. The first-order valence-electron chi connectivity index (χ1n) is 9.21. The number of halogens is 1. The minimum atomic E-state index is -0.457. The van der Waals surface area contributed by atoms with Gasteiger partial charge in [-0.3, -0.25) is 14.4 Å². The van der Waals surface area contributed by atoms with Crippen LogP contribution in [-0.4, -0.2) is 42.3 Å². The van der Waals surface area contributed by atoms with Gasteiger partial charge in [0.15, 0.2) is 10.4 Å². The van der Waals surface area contributed by atoms with Crippen LogP contribution in [0, 0.1) is 0 Å². The molecule has 0 unspecified atom stereocenters.